The van der Waals surface area contributed by atoms with E-state index < -0.39 is 11.8 Å². The van der Waals surface area contributed by atoms with Crippen molar-refractivity contribution in [3.05, 3.63) is 70.2 Å². The first-order valence-electron chi connectivity index (χ1n) is 6.54. The summed E-state index contributed by atoms with van der Waals surface area (Å²) < 4.78 is 5.00. The molecule has 2 rings (SSSR count). The van der Waals surface area contributed by atoms with Gasteiger partial charge in [0, 0.05) is 23.3 Å². The molecule has 2 N–H and O–H groups in total. The van der Waals surface area contributed by atoms with Gasteiger partial charge in [0.15, 0.2) is 0 Å². The Morgan fingerprint density at radius 3 is 1.82 bits per heavy atom. The summed E-state index contributed by atoms with van der Waals surface area (Å²) in [4.78, 5) is 23.8. The third-order valence-electron chi connectivity index (χ3n) is 2.92. The van der Waals surface area contributed by atoms with Crippen LogP contribution in [0.3, 0.4) is 0 Å². The van der Waals surface area contributed by atoms with E-state index in [1.807, 2.05) is 0 Å². The fourth-order valence-electron chi connectivity index (χ4n) is 1.78. The van der Waals surface area contributed by atoms with Gasteiger partial charge in [-0.25, -0.2) is 0 Å². The topological polar surface area (TPSA) is 67.4 Å². The van der Waals surface area contributed by atoms with Crippen molar-refractivity contribution in [2.75, 3.05) is 7.11 Å². The molecule has 0 fully saturated rings. The summed E-state index contributed by atoms with van der Waals surface area (Å²) in [5, 5.41) is 0.539. The number of carbonyl (C=O) groups excluding carboxylic acids is 2. The zero-order valence-corrected chi connectivity index (χ0v) is 12.7. The van der Waals surface area contributed by atoms with Crippen molar-refractivity contribution in [3.63, 3.8) is 0 Å². The third-order valence-corrected chi connectivity index (χ3v) is 3.18. The lowest BCUT2D eigenvalue weighted by Crippen LogP contribution is -2.41. The highest BCUT2D eigenvalue weighted by Crippen LogP contribution is 2.09. The first-order chi connectivity index (χ1) is 10.6. The lowest BCUT2D eigenvalue weighted by atomic mass is 10.1. The van der Waals surface area contributed by atoms with E-state index >= 15 is 0 Å². The number of rotatable bonds is 4. The highest BCUT2D eigenvalue weighted by atomic mass is 35.5. The minimum absolute atomic E-state index is 0.397. The molecule has 0 heterocycles. The molecule has 0 bridgehead atoms. The summed E-state index contributed by atoms with van der Waals surface area (Å²) in [6, 6.07) is 13.3. The van der Waals surface area contributed by atoms with Crippen LogP contribution in [0, 0.1) is 0 Å². The Balaban J connectivity index is 1.91. The SMILES string of the molecule is COCc1ccc(C(=O)NNC(=O)c2ccc(Cl)cc2)cc1. The van der Waals surface area contributed by atoms with E-state index in [2.05, 4.69) is 10.9 Å². The fourth-order valence-corrected chi connectivity index (χ4v) is 1.90. The summed E-state index contributed by atoms with van der Waals surface area (Å²) >= 11 is 5.75. The van der Waals surface area contributed by atoms with Crippen molar-refractivity contribution in [2.45, 2.75) is 6.61 Å². The van der Waals surface area contributed by atoms with Gasteiger partial charge < -0.3 is 4.74 Å². The number of ether oxygens (including phenoxy) is 1. The van der Waals surface area contributed by atoms with Crippen LogP contribution in [0.2, 0.25) is 5.02 Å². The van der Waals surface area contributed by atoms with E-state index in [1.165, 1.54) is 0 Å². The Kier molecular flexibility index (Phi) is 5.52. The standard InChI is InChI=1S/C16H15ClN2O3/c1-22-10-11-2-4-12(5-3-11)15(20)18-19-16(21)13-6-8-14(17)9-7-13/h2-9H,10H2,1H3,(H,18,20)(H,19,21). The molecule has 114 valence electrons. The molecule has 2 aromatic rings. The Labute approximate surface area is 133 Å². The summed E-state index contributed by atoms with van der Waals surface area (Å²) in [5.41, 5.74) is 6.52. The van der Waals surface area contributed by atoms with Crippen molar-refractivity contribution < 1.29 is 14.3 Å². The largest absolute Gasteiger partial charge is 0.380 e. The highest BCUT2D eigenvalue weighted by molar-refractivity contribution is 6.30. The smallest absolute Gasteiger partial charge is 0.269 e. The summed E-state index contributed by atoms with van der Waals surface area (Å²) in [7, 11) is 1.60. The second kappa shape index (κ2) is 7.59. The summed E-state index contributed by atoms with van der Waals surface area (Å²) in [6.45, 7) is 0.481. The molecule has 0 atom stereocenters. The first-order valence-corrected chi connectivity index (χ1v) is 6.92. The Hall–Kier alpha value is -2.37. The maximum Gasteiger partial charge on any atom is 0.269 e. The van der Waals surface area contributed by atoms with Crippen LogP contribution in [-0.2, 0) is 11.3 Å². The predicted octanol–water partition coefficient (Wildman–Crippen LogP) is 2.56. The van der Waals surface area contributed by atoms with E-state index in [9.17, 15) is 9.59 Å². The van der Waals surface area contributed by atoms with E-state index in [1.54, 1.807) is 55.6 Å². The van der Waals surface area contributed by atoms with E-state index in [0.717, 1.165) is 5.56 Å². The molecule has 0 radical (unpaired) electrons. The molecule has 5 nitrogen and oxygen atoms in total. The molecule has 0 unspecified atom stereocenters. The zero-order valence-electron chi connectivity index (χ0n) is 11.9. The molecular formula is C16H15ClN2O3. The van der Waals surface area contributed by atoms with E-state index in [4.69, 9.17) is 16.3 Å². The maximum atomic E-state index is 11.9. The predicted molar refractivity (Wildman–Crippen MR) is 83.5 cm³/mol. The fraction of sp³-hybridized carbons (Fsp3) is 0.125. The van der Waals surface area contributed by atoms with Gasteiger partial charge in [-0.1, -0.05) is 23.7 Å². The molecule has 0 aromatic heterocycles. The van der Waals surface area contributed by atoms with Gasteiger partial charge in [-0.05, 0) is 42.0 Å². The minimum atomic E-state index is -0.416. The van der Waals surface area contributed by atoms with E-state index in [-0.39, 0.29) is 0 Å². The molecule has 0 aliphatic rings. The Bertz CT molecular complexity index is 654. The molecule has 0 saturated carbocycles. The zero-order chi connectivity index (χ0) is 15.9. The number of benzene rings is 2. The molecule has 6 heteroatoms. The van der Waals surface area contributed by atoms with Crippen molar-refractivity contribution >= 4 is 23.4 Å². The van der Waals surface area contributed by atoms with Gasteiger partial charge in [0.25, 0.3) is 11.8 Å². The summed E-state index contributed by atoms with van der Waals surface area (Å²) in [5.74, 6) is -0.813. The molecule has 2 aromatic carbocycles. The normalized spacial score (nSPS) is 10.1. The van der Waals surface area contributed by atoms with Gasteiger partial charge >= 0.3 is 0 Å². The van der Waals surface area contributed by atoms with Gasteiger partial charge in [0.1, 0.15) is 0 Å². The number of methoxy groups -OCH3 is 1. The van der Waals surface area contributed by atoms with Crippen LogP contribution in [0.5, 0.6) is 0 Å². The monoisotopic (exact) mass is 318 g/mol. The van der Waals surface area contributed by atoms with Crippen molar-refractivity contribution in [3.8, 4) is 0 Å². The third kappa shape index (κ3) is 4.31. The van der Waals surface area contributed by atoms with Crippen molar-refractivity contribution in [1.29, 1.82) is 0 Å². The average Bonchev–Trinajstić information content (AvgIpc) is 2.54. The number of nitrogens with one attached hydrogen (secondary N) is 2. The van der Waals surface area contributed by atoms with Crippen molar-refractivity contribution in [1.82, 2.24) is 10.9 Å². The van der Waals surface area contributed by atoms with Crippen LogP contribution >= 0.6 is 11.6 Å². The van der Waals surface area contributed by atoms with Gasteiger partial charge in [-0.2, -0.15) is 0 Å². The van der Waals surface area contributed by atoms with Gasteiger partial charge in [-0.3, -0.25) is 20.4 Å². The van der Waals surface area contributed by atoms with E-state index in [0.29, 0.717) is 22.8 Å². The molecule has 2 amide bonds. The lowest BCUT2D eigenvalue weighted by molar-refractivity contribution is 0.0846. The molecule has 0 aliphatic heterocycles. The van der Waals surface area contributed by atoms with Crippen molar-refractivity contribution in [2.24, 2.45) is 0 Å². The first kappa shape index (κ1) is 16.0. The molecule has 0 saturated heterocycles. The summed E-state index contributed by atoms with van der Waals surface area (Å²) in [6.07, 6.45) is 0. The molecule has 0 aliphatic carbocycles. The van der Waals surface area contributed by atoms with Crippen LogP contribution in [-0.4, -0.2) is 18.9 Å². The number of halogens is 1. The number of hydrogen-bond donors (Lipinski definition) is 2. The van der Waals surface area contributed by atoms with Gasteiger partial charge in [0.2, 0.25) is 0 Å². The van der Waals surface area contributed by atoms with Crippen LogP contribution in [0.15, 0.2) is 48.5 Å². The van der Waals surface area contributed by atoms with Crippen LogP contribution in [0.4, 0.5) is 0 Å². The molecule has 0 spiro atoms. The number of hydrogen-bond acceptors (Lipinski definition) is 3. The Morgan fingerprint density at radius 2 is 1.36 bits per heavy atom. The Morgan fingerprint density at radius 1 is 0.909 bits per heavy atom. The van der Waals surface area contributed by atoms with Gasteiger partial charge in [0.05, 0.1) is 6.61 Å². The number of carbonyl (C=O) groups is 2. The molecular weight excluding hydrogens is 304 g/mol. The number of amides is 2. The lowest BCUT2D eigenvalue weighted by Gasteiger charge is -2.08. The quantitative estimate of drug-likeness (QED) is 0.851. The van der Waals surface area contributed by atoms with Crippen LogP contribution in [0.1, 0.15) is 26.3 Å². The highest BCUT2D eigenvalue weighted by Gasteiger charge is 2.09. The maximum absolute atomic E-state index is 11.9. The second-order valence-corrected chi connectivity index (χ2v) is 4.98. The second-order valence-electron chi connectivity index (χ2n) is 4.55. The minimum Gasteiger partial charge on any atom is -0.380 e. The molecule has 22 heavy (non-hydrogen) atoms. The van der Waals surface area contributed by atoms with Crippen LogP contribution in [0.25, 0.3) is 0 Å². The van der Waals surface area contributed by atoms with Crippen LogP contribution < -0.4 is 10.9 Å². The van der Waals surface area contributed by atoms with Gasteiger partial charge in [-0.15, -0.1) is 0 Å². The average molecular weight is 319 g/mol. The number of hydrazine groups is 1.